The van der Waals surface area contributed by atoms with Crippen LogP contribution in [0.4, 0.5) is 5.69 Å². The number of Topliss-reactive ketones (excluding diaryl/α,β-unsaturated/α-hetero) is 1. The van der Waals surface area contributed by atoms with Gasteiger partial charge in [0, 0.05) is 12.5 Å². The second-order valence-corrected chi connectivity index (χ2v) is 8.05. The molecule has 0 atom stereocenters. The molecule has 3 rings (SSSR count). The zero-order valence-corrected chi connectivity index (χ0v) is 17.5. The van der Waals surface area contributed by atoms with Gasteiger partial charge < -0.3 is 5.32 Å². The van der Waals surface area contributed by atoms with Gasteiger partial charge in [0.05, 0.1) is 41.1 Å². The standard InChI is InChI=1S/C22H22N6O2/c1-13-20(28-12-19(14(2)29)26-27-28)9-18(11-24-13)25-21(30)16-6-15(10-23)7-17(8-16)22(3,4)5/h6-9,11-12H,1-5H3,(H,25,30). The molecule has 8 nitrogen and oxygen atoms in total. The minimum atomic E-state index is -0.350. The SMILES string of the molecule is CC(=O)c1cn(-c2cc(NC(=O)c3cc(C#N)cc(C(C)(C)C)c3)cnc2C)nn1. The van der Waals surface area contributed by atoms with Crippen LogP contribution in [0.25, 0.3) is 5.69 Å². The first-order valence-corrected chi connectivity index (χ1v) is 9.36. The van der Waals surface area contributed by atoms with E-state index in [0.717, 1.165) is 5.56 Å². The number of nitriles is 1. The maximum absolute atomic E-state index is 12.9. The molecule has 2 heterocycles. The Labute approximate surface area is 174 Å². The van der Waals surface area contributed by atoms with Gasteiger partial charge in [-0.25, -0.2) is 4.68 Å². The summed E-state index contributed by atoms with van der Waals surface area (Å²) in [6.07, 6.45) is 3.06. The average molecular weight is 402 g/mol. The van der Waals surface area contributed by atoms with E-state index >= 15 is 0 Å². The first-order valence-electron chi connectivity index (χ1n) is 9.36. The minimum Gasteiger partial charge on any atom is -0.321 e. The summed E-state index contributed by atoms with van der Waals surface area (Å²) in [5, 5.41) is 19.9. The van der Waals surface area contributed by atoms with Gasteiger partial charge in [0.15, 0.2) is 5.78 Å². The quantitative estimate of drug-likeness (QED) is 0.667. The fraction of sp³-hybridized carbons (Fsp3) is 0.273. The van der Waals surface area contributed by atoms with Gasteiger partial charge >= 0.3 is 0 Å². The van der Waals surface area contributed by atoms with Crippen molar-refractivity contribution < 1.29 is 9.59 Å². The molecule has 0 unspecified atom stereocenters. The first kappa shape index (κ1) is 20.9. The highest BCUT2D eigenvalue weighted by atomic mass is 16.1. The van der Waals surface area contributed by atoms with E-state index in [1.165, 1.54) is 17.8 Å². The molecule has 152 valence electrons. The monoisotopic (exact) mass is 402 g/mol. The molecule has 0 spiro atoms. The highest BCUT2D eigenvalue weighted by Crippen LogP contribution is 2.25. The molecule has 1 amide bonds. The Morgan fingerprint density at radius 2 is 1.90 bits per heavy atom. The molecule has 1 N–H and O–H groups in total. The minimum absolute atomic E-state index is 0.191. The molecule has 0 saturated carbocycles. The lowest BCUT2D eigenvalue weighted by Crippen LogP contribution is -2.17. The average Bonchev–Trinajstić information content (AvgIpc) is 3.18. The summed E-state index contributed by atoms with van der Waals surface area (Å²) in [4.78, 5) is 28.6. The Hall–Kier alpha value is -3.86. The fourth-order valence-corrected chi connectivity index (χ4v) is 2.82. The second-order valence-electron chi connectivity index (χ2n) is 8.05. The van der Waals surface area contributed by atoms with Crippen LogP contribution in [-0.2, 0) is 5.41 Å². The maximum Gasteiger partial charge on any atom is 0.255 e. The third-order valence-corrected chi connectivity index (χ3v) is 4.61. The Kier molecular flexibility index (Phi) is 5.47. The summed E-state index contributed by atoms with van der Waals surface area (Å²) in [6.45, 7) is 9.28. The number of ketones is 1. The largest absolute Gasteiger partial charge is 0.321 e. The van der Waals surface area contributed by atoms with Crippen LogP contribution in [0, 0.1) is 18.3 Å². The summed E-state index contributed by atoms with van der Waals surface area (Å²) in [7, 11) is 0. The fourth-order valence-electron chi connectivity index (χ4n) is 2.82. The van der Waals surface area contributed by atoms with Crippen LogP contribution in [0.2, 0.25) is 0 Å². The van der Waals surface area contributed by atoms with Crippen LogP contribution in [0.3, 0.4) is 0 Å². The molecule has 30 heavy (non-hydrogen) atoms. The molecule has 0 bridgehead atoms. The van der Waals surface area contributed by atoms with Crippen molar-refractivity contribution in [3.05, 3.63) is 64.7 Å². The van der Waals surface area contributed by atoms with E-state index in [1.54, 1.807) is 37.4 Å². The number of aromatic nitrogens is 4. The van der Waals surface area contributed by atoms with E-state index in [2.05, 4.69) is 26.7 Å². The topological polar surface area (TPSA) is 114 Å². The van der Waals surface area contributed by atoms with Crippen molar-refractivity contribution in [2.45, 2.75) is 40.0 Å². The van der Waals surface area contributed by atoms with Crippen LogP contribution in [0.15, 0.2) is 36.7 Å². The number of carbonyl (C=O) groups is 2. The molecule has 0 fully saturated rings. The molecule has 0 aliphatic rings. The lowest BCUT2D eigenvalue weighted by atomic mass is 9.85. The Morgan fingerprint density at radius 3 is 2.50 bits per heavy atom. The van der Waals surface area contributed by atoms with Crippen molar-refractivity contribution in [1.82, 2.24) is 20.0 Å². The lowest BCUT2D eigenvalue weighted by Gasteiger charge is -2.20. The van der Waals surface area contributed by atoms with Crippen molar-refractivity contribution in [1.29, 1.82) is 5.26 Å². The normalized spacial score (nSPS) is 11.1. The first-order chi connectivity index (χ1) is 14.1. The van der Waals surface area contributed by atoms with Crippen molar-refractivity contribution in [3.63, 3.8) is 0 Å². The summed E-state index contributed by atoms with van der Waals surface area (Å²) >= 11 is 0. The van der Waals surface area contributed by atoms with Gasteiger partial charge in [-0.1, -0.05) is 26.0 Å². The van der Waals surface area contributed by atoms with Gasteiger partial charge in [0.2, 0.25) is 0 Å². The zero-order valence-electron chi connectivity index (χ0n) is 17.5. The number of aryl methyl sites for hydroxylation is 1. The molecule has 0 radical (unpaired) electrons. The number of pyridine rings is 1. The van der Waals surface area contributed by atoms with Crippen molar-refractivity contribution in [2.75, 3.05) is 5.32 Å². The van der Waals surface area contributed by atoms with E-state index in [1.807, 2.05) is 20.8 Å². The molecular weight excluding hydrogens is 380 g/mol. The van der Waals surface area contributed by atoms with Crippen LogP contribution in [0.1, 0.15) is 65.4 Å². The van der Waals surface area contributed by atoms with E-state index < -0.39 is 0 Å². The van der Waals surface area contributed by atoms with Gasteiger partial charge in [0.1, 0.15) is 5.69 Å². The number of carbonyl (C=O) groups excluding carboxylic acids is 2. The van der Waals surface area contributed by atoms with E-state index in [0.29, 0.717) is 28.2 Å². The highest BCUT2D eigenvalue weighted by molar-refractivity contribution is 6.04. The number of nitrogens with one attached hydrogen (secondary N) is 1. The van der Waals surface area contributed by atoms with Gasteiger partial charge in [-0.15, -0.1) is 5.10 Å². The molecule has 0 aliphatic heterocycles. The zero-order chi connectivity index (χ0) is 22.1. The summed E-state index contributed by atoms with van der Waals surface area (Å²) in [5.41, 5.74) is 3.46. The number of anilines is 1. The molecule has 0 saturated heterocycles. The van der Waals surface area contributed by atoms with Gasteiger partial charge in [-0.2, -0.15) is 5.26 Å². The van der Waals surface area contributed by atoms with Crippen molar-refractivity contribution in [2.24, 2.45) is 0 Å². The Balaban J connectivity index is 1.92. The molecule has 8 heteroatoms. The summed E-state index contributed by atoms with van der Waals surface area (Å²) in [6, 6.07) is 8.95. The number of nitrogens with zero attached hydrogens (tertiary/aromatic N) is 5. The maximum atomic E-state index is 12.9. The van der Waals surface area contributed by atoms with Crippen molar-refractivity contribution >= 4 is 17.4 Å². The number of benzene rings is 1. The Bertz CT molecular complexity index is 1180. The number of hydrogen-bond acceptors (Lipinski definition) is 6. The molecule has 1 aromatic carbocycles. The Morgan fingerprint density at radius 1 is 1.17 bits per heavy atom. The predicted molar refractivity (Wildman–Crippen MR) is 112 cm³/mol. The van der Waals surface area contributed by atoms with Crippen LogP contribution in [0.5, 0.6) is 0 Å². The third kappa shape index (κ3) is 4.41. The van der Waals surface area contributed by atoms with Crippen LogP contribution in [-0.4, -0.2) is 31.7 Å². The van der Waals surface area contributed by atoms with Crippen LogP contribution < -0.4 is 5.32 Å². The molecule has 3 aromatic rings. The highest BCUT2D eigenvalue weighted by Gasteiger charge is 2.18. The third-order valence-electron chi connectivity index (χ3n) is 4.61. The van der Waals surface area contributed by atoms with Gasteiger partial charge in [-0.3, -0.25) is 14.6 Å². The molecule has 0 aliphatic carbocycles. The van der Waals surface area contributed by atoms with Crippen molar-refractivity contribution in [3.8, 4) is 11.8 Å². The van der Waals surface area contributed by atoms with E-state index in [4.69, 9.17) is 0 Å². The summed E-state index contributed by atoms with van der Waals surface area (Å²) < 4.78 is 1.45. The predicted octanol–water partition coefficient (Wildman–Crippen LogP) is 3.59. The number of hydrogen-bond donors (Lipinski definition) is 1. The van der Waals surface area contributed by atoms with Gasteiger partial charge in [0.25, 0.3) is 5.91 Å². The van der Waals surface area contributed by atoms with Gasteiger partial charge in [-0.05, 0) is 42.2 Å². The lowest BCUT2D eigenvalue weighted by molar-refractivity contribution is 0.100. The molecule has 2 aromatic heterocycles. The van der Waals surface area contributed by atoms with E-state index in [-0.39, 0.29) is 22.8 Å². The van der Waals surface area contributed by atoms with Crippen LogP contribution >= 0.6 is 0 Å². The molecular formula is C22H22N6O2. The smallest absolute Gasteiger partial charge is 0.255 e. The number of amides is 1. The number of rotatable bonds is 4. The summed E-state index contributed by atoms with van der Waals surface area (Å²) in [5.74, 6) is -0.541. The second kappa shape index (κ2) is 7.87. The van der Waals surface area contributed by atoms with E-state index in [9.17, 15) is 14.9 Å².